The van der Waals surface area contributed by atoms with E-state index in [9.17, 15) is 9.90 Å². The van der Waals surface area contributed by atoms with Gasteiger partial charge in [0.25, 0.3) is 0 Å². The molecular weight excluding hydrogens is 552 g/mol. The molecule has 1 aliphatic carbocycles. The van der Waals surface area contributed by atoms with Crippen LogP contribution in [0.2, 0.25) is 0 Å². The zero-order chi connectivity index (χ0) is 30.8. The number of fused-ring (bicyclic) bond motifs is 8. The molecule has 0 radical (unpaired) electrons. The first-order chi connectivity index (χ1) is 21.2. The highest BCUT2D eigenvalue weighted by atomic mass is 16.5. The average molecular weight is 585 g/mol. The van der Waals surface area contributed by atoms with Crippen molar-refractivity contribution < 1.29 is 28.8 Å². The average Bonchev–Trinajstić information content (AvgIpc) is 3.30. The predicted octanol–water partition coefficient (Wildman–Crippen LogP) is 7.98. The molecule has 6 nitrogen and oxygen atoms in total. The summed E-state index contributed by atoms with van der Waals surface area (Å²) in [6, 6.07) is 29.3. The number of carboxylic acid groups (broad SMARTS) is 1. The first-order valence-corrected chi connectivity index (χ1v) is 14.5. The normalized spacial score (nSPS) is 15.3. The number of benzene rings is 5. The van der Waals surface area contributed by atoms with E-state index in [0.717, 1.165) is 49.9 Å². The molecule has 0 unspecified atom stereocenters. The fourth-order valence-electron chi connectivity index (χ4n) is 6.96. The molecule has 7 rings (SSSR count). The number of aliphatic carboxylic acids is 1. The Hall–Kier alpha value is -5.23. The Morgan fingerprint density at radius 3 is 1.80 bits per heavy atom. The van der Waals surface area contributed by atoms with Gasteiger partial charge in [-0.15, -0.1) is 0 Å². The Kier molecular flexibility index (Phi) is 6.22. The number of hydrogen-bond donors (Lipinski definition) is 1. The van der Waals surface area contributed by atoms with Crippen LogP contribution in [0.3, 0.4) is 0 Å². The first kappa shape index (κ1) is 27.6. The lowest BCUT2D eigenvalue weighted by Crippen LogP contribution is -2.37. The summed E-state index contributed by atoms with van der Waals surface area (Å²) in [6.45, 7) is 4.28. The largest absolute Gasteiger partial charge is 0.497 e. The lowest BCUT2D eigenvalue weighted by atomic mass is 9.74. The SMILES string of the molecule is COc1ccc(C2(c3ccc(OC)cc3)C=C(C(=O)O)c3c4c(c5ccccc5c3O2)-c2ccc(OC)cc2C4(C)C)cc1. The highest BCUT2D eigenvalue weighted by Gasteiger charge is 2.47. The summed E-state index contributed by atoms with van der Waals surface area (Å²) in [5.41, 5.74) is 4.64. The Balaban J connectivity index is 1.60. The molecule has 6 heteroatoms. The van der Waals surface area contributed by atoms with Crippen LogP contribution in [0, 0.1) is 0 Å². The Morgan fingerprint density at radius 1 is 0.705 bits per heavy atom. The smallest absolute Gasteiger partial charge is 0.336 e. The fraction of sp³-hybridized carbons (Fsp3) is 0.184. The molecule has 0 spiro atoms. The molecule has 0 bridgehead atoms. The van der Waals surface area contributed by atoms with Gasteiger partial charge >= 0.3 is 5.97 Å². The molecule has 0 amide bonds. The summed E-state index contributed by atoms with van der Waals surface area (Å²) in [4.78, 5) is 13.4. The lowest BCUT2D eigenvalue weighted by molar-refractivity contribution is -0.130. The van der Waals surface area contributed by atoms with Crippen LogP contribution in [0.25, 0.3) is 27.5 Å². The summed E-state index contributed by atoms with van der Waals surface area (Å²) in [5.74, 6) is 1.65. The minimum atomic E-state index is -1.25. The van der Waals surface area contributed by atoms with Crippen LogP contribution in [-0.2, 0) is 15.8 Å². The van der Waals surface area contributed by atoms with Gasteiger partial charge in [0.1, 0.15) is 23.0 Å². The maximum atomic E-state index is 13.4. The second-order valence-electron chi connectivity index (χ2n) is 11.7. The van der Waals surface area contributed by atoms with Gasteiger partial charge in [-0.25, -0.2) is 4.79 Å². The summed E-state index contributed by atoms with van der Waals surface area (Å²) < 4.78 is 23.7. The third-order valence-corrected chi connectivity index (χ3v) is 9.11. The van der Waals surface area contributed by atoms with E-state index in [1.807, 2.05) is 72.8 Å². The molecule has 0 atom stereocenters. The quantitative estimate of drug-likeness (QED) is 0.218. The minimum Gasteiger partial charge on any atom is -0.497 e. The van der Waals surface area contributed by atoms with Crippen molar-refractivity contribution in [3.05, 3.63) is 125 Å². The van der Waals surface area contributed by atoms with Crippen LogP contribution >= 0.6 is 0 Å². The Morgan fingerprint density at radius 2 is 1.25 bits per heavy atom. The molecular formula is C38H32O6. The van der Waals surface area contributed by atoms with Gasteiger partial charge in [0.15, 0.2) is 5.60 Å². The lowest BCUT2D eigenvalue weighted by Gasteiger charge is -2.40. The summed E-state index contributed by atoms with van der Waals surface area (Å²) in [7, 11) is 4.89. The minimum absolute atomic E-state index is 0.188. The number of ether oxygens (including phenoxy) is 4. The summed E-state index contributed by atoms with van der Waals surface area (Å²) >= 11 is 0. The molecule has 1 N–H and O–H groups in total. The van der Waals surface area contributed by atoms with Crippen molar-refractivity contribution in [3.8, 4) is 34.1 Å². The standard InChI is InChI=1S/C38H32O6/c1-37(2)31-20-26(43-5)18-19-29(31)32-27-8-6-7-9-28(27)35-33(34(32)37)30(36(39)40)21-38(44-35,22-10-14-24(41-3)15-11-22)23-12-16-25(42-4)17-13-23/h6-21H,1-5H3,(H,39,40). The number of carbonyl (C=O) groups is 1. The van der Waals surface area contributed by atoms with E-state index < -0.39 is 17.0 Å². The molecule has 5 aromatic rings. The Bertz CT molecular complexity index is 1940. The molecule has 5 aromatic carbocycles. The van der Waals surface area contributed by atoms with Crippen molar-refractivity contribution >= 4 is 22.3 Å². The highest BCUT2D eigenvalue weighted by Crippen LogP contribution is 2.60. The molecule has 1 aliphatic heterocycles. The predicted molar refractivity (Wildman–Crippen MR) is 171 cm³/mol. The van der Waals surface area contributed by atoms with Crippen molar-refractivity contribution in [3.63, 3.8) is 0 Å². The van der Waals surface area contributed by atoms with E-state index in [1.54, 1.807) is 27.4 Å². The zero-order valence-corrected chi connectivity index (χ0v) is 25.2. The summed E-state index contributed by atoms with van der Waals surface area (Å²) in [5, 5.41) is 12.8. The zero-order valence-electron chi connectivity index (χ0n) is 25.2. The van der Waals surface area contributed by atoms with E-state index in [1.165, 1.54) is 0 Å². The van der Waals surface area contributed by atoms with E-state index in [-0.39, 0.29) is 5.57 Å². The number of hydrogen-bond acceptors (Lipinski definition) is 5. The van der Waals surface area contributed by atoms with E-state index in [4.69, 9.17) is 18.9 Å². The van der Waals surface area contributed by atoms with E-state index in [0.29, 0.717) is 22.8 Å². The van der Waals surface area contributed by atoms with Gasteiger partial charge in [0.2, 0.25) is 0 Å². The van der Waals surface area contributed by atoms with Crippen molar-refractivity contribution in [1.29, 1.82) is 0 Å². The van der Waals surface area contributed by atoms with E-state index >= 15 is 0 Å². The molecule has 0 saturated heterocycles. The van der Waals surface area contributed by atoms with Crippen LogP contribution in [0.4, 0.5) is 0 Å². The van der Waals surface area contributed by atoms with Gasteiger partial charge in [-0.2, -0.15) is 0 Å². The topological polar surface area (TPSA) is 74.2 Å². The van der Waals surface area contributed by atoms with E-state index in [2.05, 4.69) is 32.0 Å². The van der Waals surface area contributed by atoms with Gasteiger partial charge in [0, 0.05) is 27.5 Å². The summed E-state index contributed by atoms with van der Waals surface area (Å²) in [6.07, 6.45) is 1.76. The van der Waals surface area contributed by atoms with Crippen LogP contribution in [0.15, 0.2) is 97.1 Å². The molecule has 0 aromatic heterocycles. The van der Waals surface area contributed by atoms with Gasteiger partial charge in [-0.1, -0.05) is 68.4 Å². The Labute approximate surface area is 256 Å². The third-order valence-electron chi connectivity index (χ3n) is 9.11. The third kappa shape index (κ3) is 3.83. The number of rotatable bonds is 6. The number of methoxy groups -OCH3 is 3. The maximum Gasteiger partial charge on any atom is 0.336 e. The van der Waals surface area contributed by atoms with Crippen molar-refractivity contribution in [1.82, 2.24) is 0 Å². The molecule has 0 fully saturated rings. The van der Waals surface area contributed by atoms with Crippen LogP contribution in [-0.4, -0.2) is 32.4 Å². The molecule has 1 heterocycles. The molecule has 2 aliphatic rings. The van der Waals surface area contributed by atoms with Gasteiger partial charge < -0.3 is 24.1 Å². The van der Waals surface area contributed by atoms with Crippen molar-refractivity contribution in [2.24, 2.45) is 0 Å². The van der Waals surface area contributed by atoms with Gasteiger partial charge in [0.05, 0.1) is 26.9 Å². The van der Waals surface area contributed by atoms with Crippen LogP contribution < -0.4 is 18.9 Å². The van der Waals surface area contributed by atoms with Gasteiger partial charge in [-0.05, 0) is 70.1 Å². The van der Waals surface area contributed by atoms with Crippen LogP contribution in [0.5, 0.6) is 23.0 Å². The fourth-order valence-corrected chi connectivity index (χ4v) is 6.96. The second-order valence-corrected chi connectivity index (χ2v) is 11.7. The van der Waals surface area contributed by atoms with Crippen LogP contribution in [0.1, 0.15) is 41.7 Å². The van der Waals surface area contributed by atoms with Crippen molar-refractivity contribution in [2.75, 3.05) is 21.3 Å². The first-order valence-electron chi connectivity index (χ1n) is 14.5. The maximum absolute atomic E-state index is 13.4. The van der Waals surface area contributed by atoms with Gasteiger partial charge in [-0.3, -0.25) is 0 Å². The molecule has 44 heavy (non-hydrogen) atoms. The molecule has 220 valence electrons. The second kappa shape index (κ2) is 9.91. The molecule has 0 saturated carbocycles. The number of carboxylic acids is 1. The van der Waals surface area contributed by atoms with Crippen molar-refractivity contribution in [2.45, 2.75) is 24.9 Å². The highest BCUT2D eigenvalue weighted by molar-refractivity contribution is 6.22. The monoisotopic (exact) mass is 584 g/mol.